The van der Waals surface area contributed by atoms with Crippen LogP contribution in [0.15, 0.2) is 47.5 Å². The summed E-state index contributed by atoms with van der Waals surface area (Å²) >= 11 is 0. The van der Waals surface area contributed by atoms with Gasteiger partial charge in [-0.2, -0.15) is 26.3 Å². The number of benzene rings is 1. The standard InChI is InChI=1S/C23H22F6N2O3S/c1-21(2,35(33,34)16-5-3-4-14(10-16)22(24,25)26)18-12-31(20(32)9-13-8-17(13)18)19-7-6-15(11-30-19)23(27,28)29/h3-7,10-11,13,17-18H,8-9,12H2,1-2H3/t13?,17-,18-/m0/s1. The zero-order valence-electron chi connectivity index (χ0n) is 18.7. The minimum absolute atomic E-state index is 0.0402. The summed E-state index contributed by atoms with van der Waals surface area (Å²) in [5.74, 6) is -1.39. The van der Waals surface area contributed by atoms with E-state index >= 15 is 0 Å². The van der Waals surface area contributed by atoms with Gasteiger partial charge in [0.25, 0.3) is 0 Å². The number of hydrogen-bond acceptors (Lipinski definition) is 4. The van der Waals surface area contributed by atoms with E-state index in [4.69, 9.17) is 0 Å². The van der Waals surface area contributed by atoms with E-state index in [2.05, 4.69) is 4.98 Å². The van der Waals surface area contributed by atoms with E-state index < -0.39 is 48.9 Å². The van der Waals surface area contributed by atoms with Gasteiger partial charge >= 0.3 is 12.4 Å². The van der Waals surface area contributed by atoms with E-state index in [1.165, 1.54) is 18.7 Å². The largest absolute Gasteiger partial charge is 0.417 e. The zero-order valence-corrected chi connectivity index (χ0v) is 19.5. The minimum Gasteiger partial charge on any atom is -0.296 e. The van der Waals surface area contributed by atoms with Crippen molar-refractivity contribution >= 4 is 21.6 Å². The van der Waals surface area contributed by atoms with Gasteiger partial charge in [-0.1, -0.05) is 6.07 Å². The molecule has 3 atom stereocenters. The number of rotatable bonds is 4. The molecule has 2 aliphatic rings. The molecule has 5 nitrogen and oxygen atoms in total. The molecule has 35 heavy (non-hydrogen) atoms. The fraction of sp³-hybridized carbons (Fsp3) is 0.478. The average molecular weight is 520 g/mol. The molecule has 2 fully saturated rings. The molecule has 1 aliphatic heterocycles. The number of pyridine rings is 1. The number of hydrogen-bond donors (Lipinski definition) is 0. The number of carbonyl (C=O) groups excluding carboxylic acids is 1. The lowest BCUT2D eigenvalue weighted by molar-refractivity contribution is -0.138. The zero-order chi connectivity index (χ0) is 26.0. The van der Waals surface area contributed by atoms with Crippen LogP contribution in [0.25, 0.3) is 0 Å². The van der Waals surface area contributed by atoms with Crippen LogP contribution in [0.2, 0.25) is 0 Å². The molecule has 1 aromatic carbocycles. The molecule has 2 aromatic rings. The number of anilines is 1. The molecule has 190 valence electrons. The van der Waals surface area contributed by atoms with Gasteiger partial charge in [-0.25, -0.2) is 13.4 Å². The normalized spacial score (nSPS) is 23.6. The number of nitrogens with zero attached hydrogens (tertiary/aromatic N) is 2. The van der Waals surface area contributed by atoms with Gasteiger partial charge in [-0.3, -0.25) is 9.69 Å². The Morgan fingerprint density at radius 2 is 1.63 bits per heavy atom. The smallest absolute Gasteiger partial charge is 0.296 e. The Hall–Kier alpha value is -2.63. The van der Waals surface area contributed by atoms with Gasteiger partial charge in [0.15, 0.2) is 9.84 Å². The molecule has 1 aromatic heterocycles. The quantitative estimate of drug-likeness (QED) is 0.509. The maximum Gasteiger partial charge on any atom is 0.417 e. The molecule has 1 saturated heterocycles. The van der Waals surface area contributed by atoms with E-state index in [1.54, 1.807) is 0 Å². The Bertz CT molecular complexity index is 1240. The lowest BCUT2D eigenvalue weighted by Gasteiger charge is -2.36. The van der Waals surface area contributed by atoms with Gasteiger partial charge < -0.3 is 0 Å². The average Bonchev–Trinajstić information content (AvgIpc) is 3.52. The summed E-state index contributed by atoms with van der Waals surface area (Å²) < 4.78 is 104. The van der Waals surface area contributed by atoms with E-state index in [0.717, 1.165) is 30.3 Å². The first-order chi connectivity index (χ1) is 16.0. The van der Waals surface area contributed by atoms with Crippen molar-refractivity contribution in [3.63, 3.8) is 0 Å². The lowest BCUT2D eigenvalue weighted by atomic mass is 9.89. The lowest BCUT2D eigenvalue weighted by Crippen LogP contribution is -2.47. The van der Waals surface area contributed by atoms with Crippen molar-refractivity contribution in [1.29, 1.82) is 0 Å². The van der Waals surface area contributed by atoms with Crippen LogP contribution in [-0.2, 0) is 27.0 Å². The van der Waals surface area contributed by atoms with Gasteiger partial charge in [0.05, 0.1) is 20.8 Å². The molecule has 1 saturated carbocycles. The monoisotopic (exact) mass is 520 g/mol. The van der Waals surface area contributed by atoms with Gasteiger partial charge in [-0.05, 0) is 68.4 Å². The molecule has 1 unspecified atom stereocenters. The Morgan fingerprint density at radius 1 is 0.971 bits per heavy atom. The molecule has 0 bridgehead atoms. The molecule has 0 spiro atoms. The first kappa shape index (κ1) is 25.5. The van der Waals surface area contributed by atoms with Crippen LogP contribution in [0.4, 0.5) is 32.2 Å². The summed E-state index contributed by atoms with van der Waals surface area (Å²) in [5.41, 5.74) is -2.08. The first-order valence-electron chi connectivity index (χ1n) is 10.8. The van der Waals surface area contributed by atoms with Crippen LogP contribution < -0.4 is 4.90 Å². The second-order valence-corrected chi connectivity index (χ2v) is 12.0. The third-order valence-electron chi connectivity index (χ3n) is 7.02. The predicted molar refractivity (Wildman–Crippen MR) is 114 cm³/mol. The molecular formula is C23H22F6N2O3S. The third-order valence-corrected chi connectivity index (χ3v) is 9.58. The number of halogens is 6. The van der Waals surface area contributed by atoms with E-state index in [-0.39, 0.29) is 36.5 Å². The summed E-state index contributed by atoms with van der Waals surface area (Å²) in [6, 6.07) is 5.36. The van der Waals surface area contributed by atoms with Crippen molar-refractivity contribution in [3.8, 4) is 0 Å². The van der Waals surface area contributed by atoms with Crippen LogP contribution in [-0.4, -0.2) is 30.6 Å². The fourth-order valence-electron chi connectivity index (χ4n) is 4.78. The third kappa shape index (κ3) is 4.64. The van der Waals surface area contributed by atoms with Gasteiger partial charge in [0, 0.05) is 19.2 Å². The van der Waals surface area contributed by atoms with Crippen LogP contribution in [0.1, 0.15) is 37.8 Å². The number of amides is 1. The molecule has 4 rings (SSSR count). The van der Waals surface area contributed by atoms with Crippen LogP contribution in [0, 0.1) is 17.8 Å². The Labute approximate surface area is 198 Å². The van der Waals surface area contributed by atoms with E-state index in [9.17, 15) is 39.6 Å². The van der Waals surface area contributed by atoms with E-state index in [0.29, 0.717) is 18.7 Å². The number of sulfone groups is 1. The number of carbonyl (C=O) groups is 1. The number of alkyl halides is 6. The fourth-order valence-corrected chi connectivity index (χ4v) is 6.57. The minimum atomic E-state index is -4.73. The van der Waals surface area contributed by atoms with Crippen molar-refractivity contribution in [2.75, 3.05) is 11.4 Å². The first-order valence-corrected chi connectivity index (χ1v) is 12.3. The second kappa shape index (κ2) is 8.21. The highest BCUT2D eigenvalue weighted by molar-refractivity contribution is 7.92. The van der Waals surface area contributed by atoms with Crippen LogP contribution in [0.3, 0.4) is 0 Å². The summed E-state index contributed by atoms with van der Waals surface area (Å²) in [6.07, 6.45) is -8.06. The molecule has 12 heteroatoms. The summed E-state index contributed by atoms with van der Waals surface area (Å²) in [7, 11) is -4.30. The number of fused-ring (bicyclic) bond motifs is 1. The highest BCUT2D eigenvalue weighted by Gasteiger charge is 2.57. The number of aromatic nitrogens is 1. The molecule has 0 N–H and O–H groups in total. The van der Waals surface area contributed by atoms with Gasteiger partial charge in [-0.15, -0.1) is 0 Å². The molecule has 1 aliphatic carbocycles. The van der Waals surface area contributed by atoms with Crippen LogP contribution in [0.5, 0.6) is 0 Å². The highest BCUT2D eigenvalue weighted by Crippen LogP contribution is 2.54. The van der Waals surface area contributed by atoms with Crippen molar-refractivity contribution < 1.29 is 39.6 Å². The second-order valence-electron chi connectivity index (χ2n) is 9.51. The predicted octanol–water partition coefficient (Wildman–Crippen LogP) is 5.36. The van der Waals surface area contributed by atoms with Crippen molar-refractivity contribution in [3.05, 3.63) is 53.7 Å². The molecule has 2 heterocycles. The Balaban J connectivity index is 1.69. The highest BCUT2D eigenvalue weighted by atomic mass is 32.2. The Morgan fingerprint density at radius 3 is 2.20 bits per heavy atom. The van der Waals surface area contributed by atoms with Crippen molar-refractivity contribution in [2.45, 2.75) is 48.7 Å². The Kier molecular flexibility index (Phi) is 5.97. The maximum atomic E-state index is 13.6. The molecule has 1 amide bonds. The summed E-state index contributed by atoms with van der Waals surface area (Å²) in [4.78, 5) is 17.4. The van der Waals surface area contributed by atoms with Gasteiger partial charge in [0.2, 0.25) is 5.91 Å². The van der Waals surface area contributed by atoms with Crippen molar-refractivity contribution in [2.24, 2.45) is 17.8 Å². The summed E-state index contributed by atoms with van der Waals surface area (Å²) in [5, 5.41) is 0. The van der Waals surface area contributed by atoms with Crippen LogP contribution >= 0.6 is 0 Å². The van der Waals surface area contributed by atoms with E-state index in [1.807, 2.05) is 0 Å². The van der Waals surface area contributed by atoms with Crippen molar-refractivity contribution in [1.82, 2.24) is 4.98 Å². The summed E-state index contributed by atoms with van der Waals surface area (Å²) in [6.45, 7) is 2.69. The maximum absolute atomic E-state index is 13.6. The van der Waals surface area contributed by atoms with Gasteiger partial charge in [0.1, 0.15) is 5.82 Å². The molecular weight excluding hydrogens is 498 g/mol. The topological polar surface area (TPSA) is 67.3 Å². The SMILES string of the molecule is CC(C)([C@H]1CN(c2ccc(C(F)(F)F)cn2)C(=O)CC2C[C@@H]21)S(=O)(=O)c1cccc(C(F)(F)F)c1. The molecule has 0 radical (unpaired) electrons.